The highest BCUT2D eigenvalue weighted by Gasteiger charge is 2.24. The summed E-state index contributed by atoms with van der Waals surface area (Å²) in [6.45, 7) is 1.43. The highest BCUT2D eigenvalue weighted by molar-refractivity contribution is 5.95. The van der Waals surface area contributed by atoms with Crippen molar-refractivity contribution in [3.8, 4) is 0 Å². The van der Waals surface area contributed by atoms with Crippen LogP contribution >= 0.6 is 0 Å². The molecule has 6 nitrogen and oxygen atoms in total. The summed E-state index contributed by atoms with van der Waals surface area (Å²) in [7, 11) is 1.54. The number of benzene rings is 1. The third kappa shape index (κ3) is 7.09. The highest BCUT2D eigenvalue weighted by Crippen LogP contribution is 2.24. The number of nitrogens with one attached hydrogen (secondary N) is 2. The number of rotatable bonds is 8. The van der Waals surface area contributed by atoms with Gasteiger partial charge in [0.2, 0.25) is 5.91 Å². The van der Waals surface area contributed by atoms with E-state index in [1.807, 2.05) is 0 Å². The number of nitrogens with zero attached hydrogens (tertiary/aromatic N) is 1. The standard InChI is InChI=1S/C19H28FN3O3/c1-26-12-11-21-19(25)22-18(24)14-23(17-5-3-2-4-6-17)13-15-7-9-16(20)10-8-15/h7-10,17H,2-6,11-14H2,1H3,(H2,21,22,24,25). The fraction of sp³-hybridized carbons (Fsp3) is 0.579. The molecule has 0 heterocycles. The zero-order valence-electron chi connectivity index (χ0n) is 15.3. The number of carbonyl (C=O) groups excluding carboxylic acids is 2. The van der Waals surface area contributed by atoms with Crippen LogP contribution in [0.4, 0.5) is 9.18 Å². The molecule has 0 aromatic heterocycles. The van der Waals surface area contributed by atoms with Crippen LogP contribution in [0.1, 0.15) is 37.7 Å². The molecule has 0 bridgehead atoms. The van der Waals surface area contributed by atoms with E-state index in [4.69, 9.17) is 4.74 Å². The zero-order valence-corrected chi connectivity index (χ0v) is 15.3. The van der Waals surface area contributed by atoms with Gasteiger partial charge in [0, 0.05) is 26.2 Å². The normalized spacial score (nSPS) is 15.0. The predicted octanol–water partition coefficient (Wildman–Crippen LogP) is 2.43. The number of imide groups is 1. The predicted molar refractivity (Wildman–Crippen MR) is 97.1 cm³/mol. The number of hydrogen-bond acceptors (Lipinski definition) is 4. The Morgan fingerprint density at radius 2 is 1.88 bits per heavy atom. The van der Waals surface area contributed by atoms with Crippen molar-refractivity contribution in [1.29, 1.82) is 0 Å². The average molecular weight is 365 g/mol. The van der Waals surface area contributed by atoms with Crippen molar-refractivity contribution in [3.63, 3.8) is 0 Å². The van der Waals surface area contributed by atoms with Crippen molar-refractivity contribution in [2.24, 2.45) is 0 Å². The molecule has 1 aromatic rings. The van der Waals surface area contributed by atoms with Gasteiger partial charge >= 0.3 is 6.03 Å². The molecule has 0 unspecified atom stereocenters. The van der Waals surface area contributed by atoms with Gasteiger partial charge < -0.3 is 10.1 Å². The summed E-state index contributed by atoms with van der Waals surface area (Å²) >= 11 is 0. The van der Waals surface area contributed by atoms with Crippen LogP contribution < -0.4 is 10.6 Å². The minimum absolute atomic E-state index is 0.139. The van der Waals surface area contributed by atoms with Gasteiger partial charge in [0.1, 0.15) is 5.82 Å². The van der Waals surface area contributed by atoms with Crippen LogP contribution in [0.2, 0.25) is 0 Å². The van der Waals surface area contributed by atoms with E-state index in [2.05, 4.69) is 15.5 Å². The van der Waals surface area contributed by atoms with Crippen LogP contribution in [0, 0.1) is 5.82 Å². The molecule has 26 heavy (non-hydrogen) atoms. The van der Waals surface area contributed by atoms with E-state index in [1.165, 1.54) is 18.6 Å². The molecule has 2 rings (SSSR count). The van der Waals surface area contributed by atoms with E-state index < -0.39 is 6.03 Å². The molecule has 7 heteroatoms. The SMILES string of the molecule is COCCNC(=O)NC(=O)CN(Cc1ccc(F)cc1)C1CCCCC1. The lowest BCUT2D eigenvalue weighted by molar-refractivity contribution is -0.122. The Kier molecular flexibility index (Phi) is 8.50. The summed E-state index contributed by atoms with van der Waals surface area (Å²) in [6.07, 6.45) is 5.57. The number of halogens is 1. The molecule has 2 N–H and O–H groups in total. The van der Waals surface area contributed by atoms with Crippen LogP contribution in [0.3, 0.4) is 0 Å². The second kappa shape index (κ2) is 10.9. The first-order valence-corrected chi connectivity index (χ1v) is 9.13. The molecule has 0 radical (unpaired) electrons. The molecular weight excluding hydrogens is 337 g/mol. The van der Waals surface area contributed by atoms with E-state index in [-0.39, 0.29) is 18.3 Å². The monoisotopic (exact) mass is 365 g/mol. The number of methoxy groups -OCH3 is 1. The average Bonchev–Trinajstić information content (AvgIpc) is 2.64. The second-order valence-electron chi connectivity index (χ2n) is 6.62. The van der Waals surface area contributed by atoms with E-state index in [9.17, 15) is 14.0 Å². The van der Waals surface area contributed by atoms with E-state index >= 15 is 0 Å². The molecule has 0 saturated heterocycles. The Hall–Kier alpha value is -1.99. The van der Waals surface area contributed by atoms with Gasteiger partial charge in [-0.3, -0.25) is 15.0 Å². The second-order valence-corrected chi connectivity index (χ2v) is 6.62. The molecule has 0 aliphatic heterocycles. The summed E-state index contributed by atoms with van der Waals surface area (Å²) in [5.41, 5.74) is 0.953. The summed E-state index contributed by atoms with van der Waals surface area (Å²) in [4.78, 5) is 26.1. The van der Waals surface area contributed by atoms with Gasteiger partial charge in [-0.2, -0.15) is 0 Å². The summed E-state index contributed by atoms with van der Waals surface area (Å²) in [5.74, 6) is -0.615. The zero-order chi connectivity index (χ0) is 18.8. The fourth-order valence-electron chi connectivity index (χ4n) is 3.25. The lowest BCUT2D eigenvalue weighted by Crippen LogP contribution is -2.47. The lowest BCUT2D eigenvalue weighted by atomic mass is 9.93. The molecule has 1 aliphatic rings. The largest absolute Gasteiger partial charge is 0.383 e. The summed E-state index contributed by atoms with van der Waals surface area (Å²) in [5, 5.41) is 4.92. The van der Waals surface area contributed by atoms with Crippen molar-refractivity contribution in [1.82, 2.24) is 15.5 Å². The fourth-order valence-corrected chi connectivity index (χ4v) is 3.25. The Bertz CT molecular complexity index is 574. The van der Waals surface area contributed by atoms with E-state index in [0.29, 0.717) is 25.7 Å². The van der Waals surface area contributed by atoms with Crippen LogP contribution in [-0.2, 0) is 16.1 Å². The highest BCUT2D eigenvalue weighted by atomic mass is 19.1. The van der Waals surface area contributed by atoms with Crippen molar-refractivity contribution in [2.75, 3.05) is 26.8 Å². The quantitative estimate of drug-likeness (QED) is 0.694. The number of amides is 3. The van der Waals surface area contributed by atoms with Gasteiger partial charge in [-0.1, -0.05) is 31.4 Å². The molecule has 144 valence electrons. The van der Waals surface area contributed by atoms with Gasteiger partial charge in [-0.25, -0.2) is 9.18 Å². The maximum absolute atomic E-state index is 13.1. The van der Waals surface area contributed by atoms with Crippen LogP contribution in [-0.4, -0.2) is 49.7 Å². The van der Waals surface area contributed by atoms with Gasteiger partial charge in [0.25, 0.3) is 0 Å². The molecule has 1 aromatic carbocycles. The van der Waals surface area contributed by atoms with E-state index in [1.54, 1.807) is 19.2 Å². The first-order chi connectivity index (χ1) is 12.6. The van der Waals surface area contributed by atoms with Crippen molar-refractivity contribution in [2.45, 2.75) is 44.7 Å². The Balaban J connectivity index is 1.93. The van der Waals surface area contributed by atoms with Gasteiger partial charge in [0.15, 0.2) is 0 Å². The lowest BCUT2D eigenvalue weighted by Gasteiger charge is -2.33. The molecule has 0 spiro atoms. The molecule has 1 saturated carbocycles. The van der Waals surface area contributed by atoms with Gasteiger partial charge in [-0.15, -0.1) is 0 Å². The maximum Gasteiger partial charge on any atom is 0.321 e. The van der Waals surface area contributed by atoms with Crippen LogP contribution in [0.15, 0.2) is 24.3 Å². The van der Waals surface area contributed by atoms with Crippen molar-refractivity contribution >= 4 is 11.9 Å². The molecule has 3 amide bonds. The molecular formula is C19H28FN3O3. The summed E-state index contributed by atoms with van der Waals surface area (Å²) < 4.78 is 18.0. The molecule has 0 atom stereocenters. The van der Waals surface area contributed by atoms with Crippen LogP contribution in [0.25, 0.3) is 0 Å². The van der Waals surface area contributed by atoms with Crippen LogP contribution in [0.5, 0.6) is 0 Å². The first-order valence-electron chi connectivity index (χ1n) is 9.13. The number of carbonyl (C=O) groups is 2. The Morgan fingerprint density at radius 3 is 2.54 bits per heavy atom. The Labute approximate surface area is 154 Å². The van der Waals surface area contributed by atoms with Crippen molar-refractivity contribution < 1.29 is 18.7 Å². The number of hydrogen-bond donors (Lipinski definition) is 2. The van der Waals surface area contributed by atoms with E-state index in [0.717, 1.165) is 31.2 Å². The number of urea groups is 1. The van der Waals surface area contributed by atoms with Gasteiger partial charge in [-0.05, 0) is 30.5 Å². The smallest absolute Gasteiger partial charge is 0.321 e. The third-order valence-corrected chi connectivity index (χ3v) is 4.58. The molecule has 1 aliphatic carbocycles. The topological polar surface area (TPSA) is 70.7 Å². The number of ether oxygens (including phenoxy) is 1. The third-order valence-electron chi connectivity index (χ3n) is 4.58. The minimum atomic E-state index is -0.516. The van der Waals surface area contributed by atoms with Crippen molar-refractivity contribution in [3.05, 3.63) is 35.6 Å². The van der Waals surface area contributed by atoms with Gasteiger partial charge in [0.05, 0.1) is 13.2 Å². The molecule has 1 fully saturated rings. The summed E-state index contributed by atoms with van der Waals surface area (Å²) in [6, 6.07) is 6.12. The maximum atomic E-state index is 13.1. The Morgan fingerprint density at radius 1 is 1.19 bits per heavy atom. The first kappa shape index (κ1) is 20.3. The minimum Gasteiger partial charge on any atom is -0.383 e.